The minimum Gasteiger partial charge on any atom is -0.336 e. The zero-order chi connectivity index (χ0) is 13.1. The van der Waals surface area contributed by atoms with Gasteiger partial charge in [-0.3, -0.25) is 9.36 Å². The van der Waals surface area contributed by atoms with Crippen LogP contribution in [-0.2, 0) is 13.5 Å². The summed E-state index contributed by atoms with van der Waals surface area (Å²) in [7, 11) is 1.60. The van der Waals surface area contributed by atoms with Crippen LogP contribution in [0.3, 0.4) is 0 Å². The normalized spacial score (nSPS) is 11.3. The largest absolute Gasteiger partial charge is 0.336 e. The maximum absolute atomic E-state index is 11.9. The maximum atomic E-state index is 11.9. The van der Waals surface area contributed by atoms with Gasteiger partial charge >= 0.3 is 0 Å². The summed E-state index contributed by atoms with van der Waals surface area (Å²) in [4.78, 5) is 23.3. The summed E-state index contributed by atoms with van der Waals surface area (Å²) in [5.74, 6) is 0.813. The van der Waals surface area contributed by atoms with Gasteiger partial charge in [-0.05, 0) is 18.0 Å². The van der Waals surface area contributed by atoms with Crippen LogP contribution in [-0.4, -0.2) is 19.5 Å². The van der Waals surface area contributed by atoms with Gasteiger partial charge in [0, 0.05) is 13.5 Å². The molecular weight excluding hydrogens is 252 g/mol. The second-order valence-electron chi connectivity index (χ2n) is 4.44. The lowest BCUT2D eigenvalue weighted by Crippen LogP contribution is -2.18. The molecule has 0 radical (unpaired) electrons. The second-order valence-corrected chi connectivity index (χ2v) is 4.78. The first-order chi connectivity index (χ1) is 8.63. The van der Waals surface area contributed by atoms with Crippen LogP contribution in [0.5, 0.6) is 0 Å². The Morgan fingerprint density at radius 3 is 2.78 bits per heavy atom. The molecule has 1 N–H and O–H groups in total. The number of rotatable bonds is 5. The number of aromatic amines is 1. The standard InChI is InChI=1S/C12H17ClN4O/c1-3-4-5-6-7-8-14-9-10(15-8)16-12(13)17(2)11(9)18/h3-7H2,1-2H3,(H,14,15). The number of H-pyrrole nitrogens is 1. The Hall–Kier alpha value is -1.36. The van der Waals surface area contributed by atoms with E-state index in [2.05, 4.69) is 21.9 Å². The molecule has 0 saturated heterocycles. The van der Waals surface area contributed by atoms with Gasteiger partial charge in [0.2, 0.25) is 5.28 Å². The smallest absolute Gasteiger partial charge is 0.280 e. The van der Waals surface area contributed by atoms with Crippen LogP contribution in [0.1, 0.15) is 38.4 Å². The van der Waals surface area contributed by atoms with Gasteiger partial charge in [0.1, 0.15) is 5.82 Å². The second kappa shape index (κ2) is 5.52. The Morgan fingerprint density at radius 2 is 2.06 bits per heavy atom. The van der Waals surface area contributed by atoms with E-state index in [0.717, 1.165) is 18.7 Å². The molecule has 0 bridgehead atoms. The van der Waals surface area contributed by atoms with Gasteiger partial charge in [0.05, 0.1) is 0 Å². The molecule has 2 rings (SSSR count). The van der Waals surface area contributed by atoms with Gasteiger partial charge in [-0.25, -0.2) is 4.98 Å². The number of hydrogen-bond acceptors (Lipinski definition) is 3. The van der Waals surface area contributed by atoms with Gasteiger partial charge in [0.15, 0.2) is 11.2 Å². The third-order valence-electron chi connectivity index (χ3n) is 2.99. The molecule has 0 unspecified atom stereocenters. The first-order valence-electron chi connectivity index (χ1n) is 6.24. The van der Waals surface area contributed by atoms with Crippen LogP contribution in [0.25, 0.3) is 11.2 Å². The van der Waals surface area contributed by atoms with E-state index in [4.69, 9.17) is 11.6 Å². The number of hydrogen-bond donors (Lipinski definition) is 1. The highest BCUT2D eigenvalue weighted by atomic mass is 35.5. The lowest BCUT2D eigenvalue weighted by atomic mass is 10.1. The number of nitrogens with one attached hydrogen (secondary N) is 1. The summed E-state index contributed by atoms with van der Waals surface area (Å²) in [6.07, 6.45) is 5.53. The summed E-state index contributed by atoms with van der Waals surface area (Å²) in [6, 6.07) is 0. The van der Waals surface area contributed by atoms with E-state index in [1.54, 1.807) is 7.05 Å². The minimum absolute atomic E-state index is 0.163. The van der Waals surface area contributed by atoms with Crippen LogP contribution in [0.15, 0.2) is 4.79 Å². The maximum Gasteiger partial charge on any atom is 0.280 e. The highest BCUT2D eigenvalue weighted by molar-refractivity contribution is 6.28. The van der Waals surface area contributed by atoms with Crippen molar-refractivity contribution in [2.24, 2.45) is 7.05 Å². The third kappa shape index (κ3) is 2.56. The predicted molar refractivity (Wildman–Crippen MR) is 72.0 cm³/mol. The first kappa shape index (κ1) is 13.1. The fraction of sp³-hybridized carbons (Fsp3) is 0.583. The van der Waals surface area contributed by atoms with Crippen molar-refractivity contribution in [1.29, 1.82) is 0 Å². The Labute approximate surface area is 110 Å². The number of imidazole rings is 1. The Balaban J connectivity index is 2.22. The monoisotopic (exact) mass is 268 g/mol. The predicted octanol–water partition coefficient (Wildman–Crippen LogP) is 2.43. The van der Waals surface area contributed by atoms with E-state index >= 15 is 0 Å². The van der Waals surface area contributed by atoms with Crippen LogP contribution in [0.4, 0.5) is 0 Å². The SMILES string of the molecule is CCCCCCc1nc2nc(Cl)n(C)c(=O)c2[nH]1. The van der Waals surface area contributed by atoms with Crippen LogP contribution < -0.4 is 5.56 Å². The molecule has 0 aliphatic rings. The fourth-order valence-electron chi connectivity index (χ4n) is 1.89. The lowest BCUT2D eigenvalue weighted by molar-refractivity contribution is 0.656. The number of halogens is 1. The fourth-order valence-corrected chi connectivity index (χ4v) is 2.05. The van der Waals surface area contributed by atoms with Gasteiger partial charge in [-0.2, -0.15) is 4.98 Å². The van der Waals surface area contributed by atoms with Crippen molar-refractivity contribution in [3.63, 3.8) is 0 Å². The molecule has 0 fully saturated rings. The van der Waals surface area contributed by atoms with Gasteiger partial charge in [-0.1, -0.05) is 26.2 Å². The van der Waals surface area contributed by atoms with E-state index in [9.17, 15) is 4.79 Å². The summed E-state index contributed by atoms with van der Waals surface area (Å²) in [5.41, 5.74) is 0.665. The van der Waals surface area contributed by atoms with Crippen molar-refractivity contribution in [2.75, 3.05) is 0 Å². The molecule has 0 amide bonds. The number of nitrogens with zero attached hydrogens (tertiary/aromatic N) is 3. The van der Waals surface area contributed by atoms with E-state index < -0.39 is 0 Å². The molecule has 18 heavy (non-hydrogen) atoms. The summed E-state index contributed by atoms with van der Waals surface area (Å²) >= 11 is 5.85. The average molecular weight is 269 g/mol. The molecule has 6 heteroatoms. The summed E-state index contributed by atoms with van der Waals surface area (Å²) < 4.78 is 1.31. The summed E-state index contributed by atoms with van der Waals surface area (Å²) in [6.45, 7) is 2.18. The number of fused-ring (bicyclic) bond motifs is 1. The van der Waals surface area contributed by atoms with Gasteiger partial charge in [0.25, 0.3) is 5.56 Å². The van der Waals surface area contributed by atoms with Crippen molar-refractivity contribution < 1.29 is 0 Å². The van der Waals surface area contributed by atoms with E-state index in [1.165, 1.54) is 23.8 Å². The molecule has 0 atom stereocenters. The number of aromatic nitrogens is 4. The van der Waals surface area contributed by atoms with Crippen molar-refractivity contribution >= 4 is 22.8 Å². The molecule has 0 aliphatic carbocycles. The van der Waals surface area contributed by atoms with Crippen LogP contribution in [0, 0.1) is 0 Å². The Morgan fingerprint density at radius 1 is 1.28 bits per heavy atom. The highest BCUT2D eigenvalue weighted by Gasteiger charge is 2.11. The highest BCUT2D eigenvalue weighted by Crippen LogP contribution is 2.11. The van der Waals surface area contributed by atoms with E-state index in [-0.39, 0.29) is 10.8 Å². The Kier molecular flexibility index (Phi) is 4.01. The third-order valence-corrected chi connectivity index (χ3v) is 3.33. The molecule has 0 saturated carbocycles. The zero-order valence-electron chi connectivity index (χ0n) is 10.7. The Bertz CT molecular complexity index is 602. The van der Waals surface area contributed by atoms with Crippen LogP contribution >= 0.6 is 11.6 Å². The zero-order valence-corrected chi connectivity index (χ0v) is 11.4. The first-order valence-corrected chi connectivity index (χ1v) is 6.62. The van der Waals surface area contributed by atoms with E-state index in [1.807, 2.05) is 0 Å². The molecule has 0 aromatic carbocycles. The van der Waals surface area contributed by atoms with Crippen molar-refractivity contribution in [2.45, 2.75) is 39.0 Å². The number of unbranched alkanes of at least 4 members (excludes halogenated alkanes) is 3. The molecule has 0 spiro atoms. The molecule has 98 valence electrons. The molecule has 5 nitrogen and oxygen atoms in total. The number of aryl methyl sites for hydroxylation is 1. The lowest BCUT2D eigenvalue weighted by Gasteiger charge is -1.97. The quantitative estimate of drug-likeness (QED) is 0.669. The molecular formula is C12H17ClN4O. The van der Waals surface area contributed by atoms with Crippen molar-refractivity contribution in [1.82, 2.24) is 19.5 Å². The molecule has 2 heterocycles. The van der Waals surface area contributed by atoms with Crippen molar-refractivity contribution in [3.8, 4) is 0 Å². The molecule has 2 aromatic rings. The minimum atomic E-state index is -0.183. The summed E-state index contributed by atoms with van der Waals surface area (Å²) in [5, 5.41) is 0.163. The molecule has 0 aliphatic heterocycles. The molecule has 2 aromatic heterocycles. The van der Waals surface area contributed by atoms with Gasteiger partial charge < -0.3 is 4.98 Å². The van der Waals surface area contributed by atoms with Crippen molar-refractivity contribution in [3.05, 3.63) is 21.5 Å². The van der Waals surface area contributed by atoms with E-state index in [0.29, 0.717) is 11.2 Å². The van der Waals surface area contributed by atoms with Gasteiger partial charge in [-0.15, -0.1) is 0 Å². The average Bonchev–Trinajstić information content (AvgIpc) is 2.75. The van der Waals surface area contributed by atoms with Crippen LogP contribution in [0.2, 0.25) is 5.28 Å². The topological polar surface area (TPSA) is 63.6 Å².